The van der Waals surface area contributed by atoms with E-state index in [0.29, 0.717) is 23.5 Å². The molecular weight excluding hydrogens is 217 g/mol. The first-order chi connectivity index (χ1) is 8.19. The van der Waals surface area contributed by atoms with E-state index in [2.05, 4.69) is 9.98 Å². The second kappa shape index (κ2) is 6.58. The average Bonchev–Trinajstić information content (AvgIpc) is 2.35. The Balaban J connectivity index is 3.11. The lowest BCUT2D eigenvalue weighted by Crippen LogP contribution is -2.01. The van der Waals surface area contributed by atoms with Crippen LogP contribution in [0.3, 0.4) is 0 Å². The summed E-state index contributed by atoms with van der Waals surface area (Å²) in [5.41, 5.74) is 7.67. The molecule has 0 radical (unpaired) electrons. The lowest BCUT2D eigenvalue weighted by molar-refractivity contribution is 0.621. The van der Waals surface area contributed by atoms with Crippen LogP contribution in [0.1, 0.15) is 26.0 Å². The Hall–Kier alpha value is -1.97. The number of rotatable bonds is 4. The van der Waals surface area contributed by atoms with E-state index in [9.17, 15) is 4.39 Å². The fourth-order valence-electron chi connectivity index (χ4n) is 1.20. The third kappa shape index (κ3) is 3.83. The molecule has 0 fully saturated rings. The maximum atomic E-state index is 12.8. The van der Waals surface area contributed by atoms with Gasteiger partial charge in [0.05, 0.1) is 11.9 Å². The number of nitrogens with zero attached hydrogens (tertiary/aromatic N) is 2. The fourth-order valence-corrected chi connectivity index (χ4v) is 1.20. The summed E-state index contributed by atoms with van der Waals surface area (Å²) in [6.45, 7) is 3.83. The van der Waals surface area contributed by atoms with Crippen molar-refractivity contribution >= 4 is 11.9 Å². The van der Waals surface area contributed by atoms with Crippen LogP contribution in [0.15, 0.2) is 41.2 Å². The van der Waals surface area contributed by atoms with Gasteiger partial charge < -0.3 is 5.73 Å². The molecule has 0 saturated carbocycles. The maximum Gasteiger partial charge on any atom is 0.141 e. The summed E-state index contributed by atoms with van der Waals surface area (Å²) in [6, 6.07) is 2.91. The van der Waals surface area contributed by atoms with E-state index in [1.54, 1.807) is 18.4 Å². The van der Waals surface area contributed by atoms with Gasteiger partial charge in [-0.15, -0.1) is 0 Å². The van der Waals surface area contributed by atoms with Crippen LogP contribution < -0.4 is 5.73 Å². The second-order valence-electron chi connectivity index (χ2n) is 3.39. The highest BCUT2D eigenvalue weighted by Crippen LogP contribution is 2.17. The highest BCUT2D eigenvalue weighted by molar-refractivity contribution is 5.79. The number of nitrogens with two attached hydrogens (primary N) is 1. The zero-order chi connectivity index (χ0) is 12.7. The molecular formula is C13H16FN3. The van der Waals surface area contributed by atoms with Gasteiger partial charge in [-0.05, 0) is 31.6 Å². The van der Waals surface area contributed by atoms with Crippen LogP contribution in [0.25, 0.3) is 5.70 Å². The quantitative estimate of drug-likeness (QED) is 0.813. The molecule has 0 amide bonds. The molecule has 0 aromatic carbocycles. The van der Waals surface area contributed by atoms with E-state index in [4.69, 9.17) is 5.73 Å². The number of pyridine rings is 1. The van der Waals surface area contributed by atoms with Crippen molar-refractivity contribution in [1.29, 1.82) is 0 Å². The summed E-state index contributed by atoms with van der Waals surface area (Å²) in [4.78, 5) is 8.22. The zero-order valence-electron chi connectivity index (χ0n) is 10.0. The van der Waals surface area contributed by atoms with E-state index in [0.717, 1.165) is 6.20 Å². The van der Waals surface area contributed by atoms with Crippen molar-refractivity contribution in [2.75, 3.05) is 0 Å². The van der Waals surface area contributed by atoms with Crippen LogP contribution in [0, 0.1) is 5.82 Å². The molecule has 4 heteroatoms. The molecule has 0 atom stereocenters. The Morgan fingerprint density at radius 1 is 1.53 bits per heavy atom. The first-order valence-electron chi connectivity index (χ1n) is 5.45. The van der Waals surface area contributed by atoms with Crippen molar-refractivity contribution in [2.45, 2.75) is 20.3 Å². The Morgan fingerprint density at radius 2 is 2.29 bits per heavy atom. The van der Waals surface area contributed by atoms with Crippen LogP contribution in [-0.2, 0) is 0 Å². The van der Waals surface area contributed by atoms with Crippen molar-refractivity contribution in [3.8, 4) is 0 Å². The number of hydrogen-bond acceptors (Lipinski definition) is 3. The summed E-state index contributed by atoms with van der Waals surface area (Å²) in [5.74, 6) is -0.374. The average molecular weight is 233 g/mol. The van der Waals surface area contributed by atoms with Crippen LogP contribution in [0.2, 0.25) is 0 Å². The molecule has 0 spiro atoms. The minimum absolute atomic E-state index is 0.374. The number of hydrogen-bond donors (Lipinski definition) is 1. The van der Waals surface area contributed by atoms with Gasteiger partial charge in [-0.25, -0.2) is 4.39 Å². The minimum Gasteiger partial charge on any atom is -0.400 e. The van der Waals surface area contributed by atoms with Crippen molar-refractivity contribution in [3.63, 3.8) is 0 Å². The van der Waals surface area contributed by atoms with Gasteiger partial charge in [0.15, 0.2) is 0 Å². The van der Waals surface area contributed by atoms with E-state index >= 15 is 0 Å². The molecule has 1 aromatic rings. The lowest BCUT2D eigenvalue weighted by atomic mass is 10.2. The number of allylic oxidation sites excluding steroid dienone is 3. The van der Waals surface area contributed by atoms with Crippen molar-refractivity contribution < 1.29 is 4.39 Å². The molecule has 0 saturated heterocycles. The van der Waals surface area contributed by atoms with Gasteiger partial charge >= 0.3 is 0 Å². The van der Waals surface area contributed by atoms with Crippen molar-refractivity contribution in [3.05, 3.63) is 47.7 Å². The van der Waals surface area contributed by atoms with Gasteiger partial charge in [-0.2, -0.15) is 0 Å². The molecule has 2 N–H and O–H groups in total. The smallest absolute Gasteiger partial charge is 0.141 e. The Bertz CT molecular complexity index is 444. The molecule has 1 rings (SSSR count). The van der Waals surface area contributed by atoms with Crippen molar-refractivity contribution in [1.82, 2.24) is 4.98 Å². The third-order valence-electron chi connectivity index (χ3n) is 2.14. The van der Waals surface area contributed by atoms with Gasteiger partial charge in [0.2, 0.25) is 0 Å². The normalized spacial score (nSPS) is 13.4. The van der Waals surface area contributed by atoms with Crippen LogP contribution in [-0.4, -0.2) is 11.2 Å². The summed E-state index contributed by atoms with van der Waals surface area (Å²) in [6.07, 6.45) is 7.13. The molecule has 0 aliphatic rings. The number of aromatic nitrogens is 1. The van der Waals surface area contributed by atoms with Crippen LogP contribution >= 0.6 is 0 Å². The lowest BCUT2D eigenvalue weighted by Gasteiger charge is -2.05. The third-order valence-corrected chi connectivity index (χ3v) is 2.14. The molecule has 17 heavy (non-hydrogen) atoms. The van der Waals surface area contributed by atoms with Crippen LogP contribution in [0.4, 0.5) is 4.39 Å². The van der Waals surface area contributed by atoms with Gasteiger partial charge in [-0.1, -0.05) is 13.0 Å². The highest BCUT2D eigenvalue weighted by atomic mass is 19.1. The summed E-state index contributed by atoms with van der Waals surface area (Å²) in [7, 11) is 0. The Morgan fingerprint density at radius 3 is 2.82 bits per heavy atom. The highest BCUT2D eigenvalue weighted by Gasteiger charge is 2.05. The van der Waals surface area contributed by atoms with Gasteiger partial charge in [-0.3, -0.25) is 9.98 Å². The molecule has 3 nitrogen and oxygen atoms in total. The SMILES string of the molecule is C\C=C/C=N/C(=C(\N)CC)c1ccc(F)cn1. The number of halogens is 1. The van der Waals surface area contributed by atoms with E-state index in [-0.39, 0.29) is 5.82 Å². The summed E-state index contributed by atoms with van der Waals surface area (Å²) < 4.78 is 12.8. The maximum absolute atomic E-state index is 12.8. The Labute approximate surface area is 101 Å². The molecule has 0 bridgehead atoms. The molecule has 0 aliphatic carbocycles. The van der Waals surface area contributed by atoms with Crippen LogP contribution in [0.5, 0.6) is 0 Å². The van der Waals surface area contributed by atoms with Crippen molar-refractivity contribution in [2.24, 2.45) is 10.7 Å². The molecule has 1 aromatic heterocycles. The van der Waals surface area contributed by atoms with E-state index in [1.807, 2.05) is 19.9 Å². The fraction of sp³-hybridized carbons (Fsp3) is 0.231. The van der Waals surface area contributed by atoms with Gasteiger partial charge in [0.1, 0.15) is 11.5 Å². The standard InChI is InChI=1S/C13H16FN3/c1-3-5-8-16-13(11(15)4-2)12-7-6-10(14)9-17-12/h3,5-9H,4,15H2,1-2H3/b5-3-,13-11-,16-8+. The second-order valence-corrected chi connectivity index (χ2v) is 3.39. The van der Waals surface area contributed by atoms with Gasteiger partial charge in [0.25, 0.3) is 0 Å². The first kappa shape index (κ1) is 13.1. The molecule has 1 heterocycles. The Kier molecular flexibility index (Phi) is 5.07. The largest absolute Gasteiger partial charge is 0.400 e. The predicted molar refractivity (Wildman–Crippen MR) is 68.9 cm³/mol. The monoisotopic (exact) mass is 233 g/mol. The number of aliphatic imine (C=N–C) groups is 1. The molecule has 0 aliphatic heterocycles. The zero-order valence-corrected chi connectivity index (χ0v) is 10.0. The predicted octanol–water partition coefficient (Wildman–Crippen LogP) is 2.90. The van der Waals surface area contributed by atoms with E-state index < -0.39 is 0 Å². The van der Waals surface area contributed by atoms with Gasteiger partial charge in [0, 0.05) is 11.9 Å². The molecule has 90 valence electrons. The summed E-state index contributed by atoms with van der Waals surface area (Å²) in [5, 5.41) is 0. The topological polar surface area (TPSA) is 51.3 Å². The van der Waals surface area contributed by atoms with E-state index in [1.165, 1.54) is 6.07 Å². The molecule has 0 unspecified atom stereocenters. The summed E-state index contributed by atoms with van der Waals surface area (Å²) >= 11 is 0. The first-order valence-corrected chi connectivity index (χ1v) is 5.45. The minimum atomic E-state index is -0.374.